The smallest absolute Gasteiger partial charge is 0.325 e. The summed E-state index contributed by atoms with van der Waals surface area (Å²) in [5.74, 6) is -0.673. The molecule has 1 atom stereocenters. The van der Waals surface area contributed by atoms with Crippen molar-refractivity contribution >= 4 is 11.9 Å². The van der Waals surface area contributed by atoms with Crippen molar-refractivity contribution in [3.63, 3.8) is 0 Å². The van der Waals surface area contributed by atoms with Crippen molar-refractivity contribution in [2.45, 2.75) is 38.8 Å². The molecule has 110 valence electrons. The first-order valence-corrected chi connectivity index (χ1v) is 6.91. The monoisotopic (exact) mass is 280 g/mol. The molecular weight excluding hydrogens is 260 g/mol. The third-order valence-corrected chi connectivity index (χ3v) is 3.43. The molecule has 1 saturated heterocycles. The van der Waals surface area contributed by atoms with Crippen LogP contribution in [0.15, 0.2) is 16.5 Å². The normalized spacial score (nSPS) is 17.6. The first kappa shape index (κ1) is 14.6. The van der Waals surface area contributed by atoms with Crippen LogP contribution >= 0.6 is 0 Å². The molecule has 2 heterocycles. The van der Waals surface area contributed by atoms with Crippen LogP contribution in [0.4, 0.5) is 0 Å². The molecule has 0 spiro atoms. The predicted octanol–water partition coefficient (Wildman–Crippen LogP) is 1.47. The second-order valence-corrected chi connectivity index (χ2v) is 5.14. The Morgan fingerprint density at radius 2 is 2.05 bits per heavy atom. The molecule has 1 aromatic heterocycles. The van der Waals surface area contributed by atoms with Crippen molar-refractivity contribution in [3.8, 4) is 0 Å². The Morgan fingerprint density at radius 3 is 2.70 bits per heavy atom. The fourth-order valence-corrected chi connectivity index (χ4v) is 2.25. The molecule has 0 aromatic carbocycles. The van der Waals surface area contributed by atoms with Crippen LogP contribution in [0, 0.1) is 0 Å². The van der Waals surface area contributed by atoms with Gasteiger partial charge in [-0.2, -0.15) is 0 Å². The van der Waals surface area contributed by atoms with Gasteiger partial charge in [0, 0.05) is 0 Å². The van der Waals surface area contributed by atoms with Crippen molar-refractivity contribution in [2.75, 3.05) is 13.1 Å². The molecule has 0 saturated carbocycles. The molecule has 0 aliphatic carbocycles. The van der Waals surface area contributed by atoms with Crippen LogP contribution in [0.2, 0.25) is 0 Å². The van der Waals surface area contributed by atoms with Gasteiger partial charge in [0.05, 0.1) is 6.54 Å². The van der Waals surface area contributed by atoms with E-state index < -0.39 is 17.9 Å². The lowest BCUT2D eigenvalue weighted by atomic mass is 10.1. The van der Waals surface area contributed by atoms with Crippen LogP contribution in [-0.4, -0.2) is 41.0 Å². The van der Waals surface area contributed by atoms with E-state index in [4.69, 9.17) is 9.52 Å². The number of carboxylic acids is 1. The van der Waals surface area contributed by atoms with Crippen LogP contribution in [-0.2, 0) is 11.3 Å². The number of carbonyl (C=O) groups is 2. The summed E-state index contributed by atoms with van der Waals surface area (Å²) in [7, 11) is 0. The van der Waals surface area contributed by atoms with E-state index in [0.717, 1.165) is 18.8 Å². The molecule has 1 amide bonds. The number of carboxylic acid groups (broad SMARTS) is 1. The highest BCUT2D eigenvalue weighted by molar-refractivity contribution is 5.94. The summed E-state index contributed by atoms with van der Waals surface area (Å²) in [4.78, 5) is 24.8. The number of aliphatic carboxylic acids is 1. The summed E-state index contributed by atoms with van der Waals surface area (Å²) < 4.78 is 5.48. The van der Waals surface area contributed by atoms with Crippen molar-refractivity contribution < 1.29 is 19.1 Å². The Bertz CT molecular complexity index is 477. The molecule has 6 heteroatoms. The third kappa shape index (κ3) is 3.84. The number of nitrogens with zero attached hydrogens (tertiary/aromatic N) is 1. The van der Waals surface area contributed by atoms with E-state index in [1.54, 1.807) is 12.1 Å². The molecule has 20 heavy (non-hydrogen) atoms. The van der Waals surface area contributed by atoms with Gasteiger partial charge in [0.25, 0.3) is 5.91 Å². The SMILES string of the molecule is CC(NC(=O)c1ccc(CN2CCCCC2)o1)C(=O)O. The fraction of sp³-hybridized carbons (Fsp3) is 0.571. The van der Waals surface area contributed by atoms with E-state index in [2.05, 4.69) is 10.2 Å². The lowest BCUT2D eigenvalue weighted by Gasteiger charge is -2.25. The van der Waals surface area contributed by atoms with Crippen LogP contribution in [0.3, 0.4) is 0 Å². The van der Waals surface area contributed by atoms with Crippen molar-refractivity contribution in [2.24, 2.45) is 0 Å². The highest BCUT2D eigenvalue weighted by Crippen LogP contribution is 2.15. The molecule has 1 aliphatic rings. The Morgan fingerprint density at radius 1 is 1.35 bits per heavy atom. The fourth-order valence-electron chi connectivity index (χ4n) is 2.25. The lowest BCUT2D eigenvalue weighted by Crippen LogP contribution is -2.38. The van der Waals surface area contributed by atoms with Gasteiger partial charge in [0.2, 0.25) is 0 Å². The van der Waals surface area contributed by atoms with Gasteiger partial charge < -0.3 is 14.8 Å². The zero-order valence-corrected chi connectivity index (χ0v) is 11.6. The lowest BCUT2D eigenvalue weighted by molar-refractivity contribution is -0.138. The molecule has 0 bridgehead atoms. The number of likely N-dealkylation sites (tertiary alicyclic amines) is 1. The molecule has 1 fully saturated rings. The highest BCUT2D eigenvalue weighted by Gasteiger charge is 2.19. The minimum atomic E-state index is -1.07. The quantitative estimate of drug-likeness (QED) is 0.853. The molecule has 1 aliphatic heterocycles. The molecule has 2 N–H and O–H groups in total. The summed E-state index contributed by atoms with van der Waals surface area (Å²) in [6, 6.07) is 2.43. The Kier molecular flexibility index (Phi) is 4.79. The summed E-state index contributed by atoms with van der Waals surface area (Å²) >= 11 is 0. The average Bonchev–Trinajstić information content (AvgIpc) is 2.88. The van der Waals surface area contributed by atoms with Gasteiger partial charge in [-0.1, -0.05) is 6.42 Å². The maximum Gasteiger partial charge on any atom is 0.325 e. The molecule has 2 rings (SSSR count). The van der Waals surface area contributed by atoms with Gasteiger partial charge in [0.15, 0.2) is 5.76 Å². The maximum absolute atomic E-state index is 11.8. The topological polar surface area (TPSA) is 82.8 Å². The first-order valence-electron chi connectivity index (χ1n) is 6.91. The van der Waals surface area contributed by atoms with Crippen LogP contribution < -0.4 is 5.32 Å². The van der Waals surface area contributed by atoms with Gasteiger partial charge in [-0.25, -0.2) is 0 Å². The maximum atomic E-state index is 11.8. The summed E-state index contributed by atoms with van der Waals surface area (Å²) in [5, 5.41) is 11.1. The Labute approximate surface area is 117 Å². The van der Waals surface area contributed by atoms with E-state index in [9.17, 15) is 9.59 Å². The Balaban J connectivity index is 1.90. The first-order chi connectivity index (χ1) is 9.56. The van der Waals surface area contributed by atoms with Crippen LogP contribution in [0.1, 0.15) is 42.5 Å². The number of hydrogen-bond donors (Lipinski definition) is 2. The highest BCUT2D eigenvalue weighted by atomic mass is 16.4. The van der Waals surface area contributed by atoms with Gasteiger partial charge >= 0.3 is 5.97 Å². The van der Waals surface area contributed by atoms with Crippen LogP contribution in [0.5, 0.6) is 0 Å². The number of piperidine rings is 1. The molecular formula is C14H20N2O4. The zero-order valence-electron chi connectivity index (χ0n) is 11.6. The zero-order chi connectivity index (χ0) is 14.5. The minimum Gasteiger partial charge on any atom is -0.480 e. The standard InChI is InChI=1S/C14H20N2O4/c1-10(14(18)19)15-13(17)12-6-5-11(20-12)9-16-7-3-2-4-8-16/h5-6,10H,2-4,7-9H2,1H3,(H,15,17)(H,18,19). The number of furan rings is 1. The number of hydrogen-bond acceptors (Lipinski definition) is 4. The second-order valence-electron chi connectivity index (χ2n) is 5.14. The molecule has 6 nitrogen and oxygen atoms in total. The van der Waals surface area contributed by atoms with E-state index in [1.807, 2.05) is 0 Å². The second kappa shape index (κ2) is 6.56. The molecule has 1 unspecified atom stereocenters. The summed E-state index contributed by atoms with van der Waals surface area (Å²) in [6.07, 6.45) is 3.67. The third-order valence-electron chi connectivity index (χ3n) is 3.43. The summed E-state index contributed by atoms with van der Waals surface area (Å²) in [6.45, 7) is 4.22. The van der Waals surface area contributed by atoms with E-state index in [-0.39, 0.29) is 5.76 Å². The van der Waals surface area contributed by atoms with Crippen LogP contribution in [0.25, 0.3) is 0 Å². The van der Waals surface area contributed by atoms with E-state index >= 15 is 0 Å². The number of carbonyl (C=O) groups excluding carboxylic acids is 1. The van der Waals surface area contributed by atoms with Crippen molar-refractivity contribution in [3.05, 3.63) is 23.7 Å². The van der Waals surface area contributed by atoms with Gasteiger partial charge in [0.1, 0.15) is 11.8 Å². The van der Waals surface area contributed by atoms with E-state index in [0.29, 0.717) is 6.54 Å². The average molecular weight is 280 g/mol. The number of amides is 1. The van der Waals surface area contributed by atoms with Crippen molar-refractivity contribution in [1.82, 2.24) is 10.2 Å². The Hall–Kier alpha value is -1.82. The summed E-state index contributed by atoms with van der Waals surface area (Å²) in [5.41, 5.74) is 0. The van der Waals surface area contributed by atoms with Crippen molar-refractivity contribution in [1.29, 1.82) is 0 Å². The molecule has 0 radical (unpaired) electrons. The largest absolute Gasteiger partial charge is 0.480 e. The predicted molar refractivity (Wildman–Crippen MR) is 72.4 cm³/mol. The number of rotatable bonds is 5. The van der Waals surface area contributed by atoms with Gasteiger partial charge in [-0.3, -0.25) is 14.5 Å². The minimum absolute atomic E-state index is 0.158. The van der Waals surface area contributed by atoms with E-state index in [1.165, 1.54) is 26.2 Å². The number of nitrogens with one attached hydrogen (secondary N) is 1. The molecule has 1 aromatic rings. The van der Waals surface area contributed by atoms with Gasteiger partial charge in [-0.15, -0.1) is 0 Å². The van der Waals surface area contributed by atoms with Gasteiger partial charge in [-0.05, 0) is 45.0 Å².